The third-order valence-electron chi connectivity index (χ3n) is 4.37. The second-order valence-corrected chi connectivity index (χ2v) is 7.52. The molecule has 0 aliphatic rings. The molecule has 4 aromatic rings. The van der Waals surface area contributed by atoms with E-state index < -0.39 is 0 Å². The van der Waals surface area contributed by atoms with E-state index >= 15 is 0 Å². The first-order chi connectivity index (χ1) is 14.1. The van der Waals surface area contributed by atoms with Gasteiger partial charge in [-0.3, -0.25) is 9.59 Å². The van der Waals surface area contributed by atoms with Gasteiger partial charge in [-0.25, -0.2) is 9.67 Å². The summed E-state index contributed by atoms with van der Waals surface area (Å²) in [7, 11) is 0. The molecule has 0 radical (unpaired) electrons. The van der Waals surface area contributed by atoms with E-state index in [1.165, 1.54) is 18.0 Å². The molecule has 0 fully saturated rings. The minimum atomic E-state index is -0.277. The first kappa shape index (κ1) is 18.9. The number of fused-ring (bicyclic) bond motifs is 1. The third kappa shape index (κ3) is 4.38. The Morgan fingerprint density at radius 1 is 1.14 bits per heavy atom. The number of nitrogens with one attached hydrogen (secondary N) is 2. The highest BCUT2D eigenvalue weighted by Crippen LogP contribution is 2.18. The number of amides is 1. The van der Waals surface area contributed by atoms with Crippen LogP contribution in [0.3, 0.4) is 0 Å². The Kier molecular flexibility index (Phi) is 5.44. The molecule has 1 amide bonds. The lowest BCUT2D eigenvalue weighted by atomic mass is 10.2. The normalized spacial score (nSPS) is 10.9. The lowest BCUT2D eigenvalue weighted by Crippen LogP contribution is -2.24. The zero-order chi connectivity index (χ0) is 20.2. The van der Waals surface area contributed by atoms with Gasteiger partial charge >= 0.3 is 0 Å². The molecule has 7 nitrogen and oxygen atoms in total. The zero-order valence-corrected chi connectivity index (χ0v) is 16.6. The summed E-state index contributed by atoms with van der Waals surface area (Å²) < 4.78 is 1.63. The standard InChI is InChI=1S/C21H19N5O2S/c1-14-7-9-16(10-8-14)26-19-17(12-23-26)20(28)25-21(24-19)29-13-18(27)22-11-15-5-3-2-4-6-15/h2-10,12H,11,13H2,1H3,(H,22,27)(H,24,25,28). The fourth-order valence-corrected chi connectivity index (χ4v) is 3.51. The molecular weight excluding hydrogens is 386 g/mol. The number of carbonyl (C=O) groups excluding carboxylic acids is 1. The minimum Gasteiger partial charge on any atom is -0.351 e. The van der Waals surface area contributed by atoms with E-state index in [0.29, 0.717) is 22.7 Å². The highest BCUT2D eigenvalue weighted by atomic mass is 32.2. The fourth-order valence-electron chi connectivity index (χ4n) is 2.82. The maximum atomic E-state index is 12.4. The van der Waals surface area contributed by atoms with Crippen LogP contribution in [0.15, 0.2) is 70.7 Å². The van der Waals surface area contributed by atoms with Gasteiger partial charge in [0.1, 0.15) is 5.39 Å². The number of aryl methyl sites for hydroxylation is 1. The number of aromatic amines is 1. The molecule has 0 spiro atoms. The number of hydrogen-bond acceptors (Lipinski definition) is 5. The molecule has 0 unspecified atom stereocenters. The topological polar surface area (TPSA) is 92.7 Å². The summed E-state index contributed by atoms with van der Waals surface area (Å²) >= 11 is 1.18. The van der Waals surface area contributed by atoms with Gasteiger partial charge in [0.15, 0.2) is 10.8 Å². The molecule has 2 aromatic heterocycles. The van der Waals surface area contributed by atoms with Gasteiger partial charge in [-0.1, -0.05) is 59.8 Å². The lowest BCUT2D eigenvalue weighted by Gasteiger charge is -2.06. The van der Waals surface area contributed by atoms with E-state index in [1.807, 2.05) is 61.5 Å². The lowest BCUT2D eigenvalue weighted by molar-refractivity contribution is -0.118. The second-order valence-electron chi connectivity index (χ2n) is 6.55. The second kappa shape index (κ2) is 8.32. The molecule has 2 heterocycles. The van der Waals surface area contributed by atoms with E-state index in [-0.39, 0.29) is 17.2 Å². The maximum Gasteiger partial charge on any atom is 0.262 e. The van der Waals surface area contributed by atoms with Crippen molar-refractivity contribution < 1.29 is 4.79 Å². The highest BCUT2D eigenvalue weighted by molar-refractivity contribution is 7.99. The van der Waals surface area contributed by atoms with Crippen molar-refractivity contribution in [2.45, 2.75) is 18.6 Å². The first-order valence-corrected chi connectivity index (χ1v) is 10.1. The summed E-state index contributed by atoms with van der Waals surface area (Å²) in [6.45, 7) is 2.47. The number of rotatable bonds is 6. The van der Waals surface area contributed by atoms with Crippen LogP contribution in [0.2, 0.25) is 0 Å². The quantitative estimate of drug-likeness (QED) is 0.380. The molecule has 0 atom stereocenters. The molecule has 8 heteroatoms. The van der Waals surface area contributed by atoms with E-state index in [9.17, 15) is 9.59 Å². The van der Waals surface area contributed by atoms with E-state index in [2.05, 4.69) is 20.4 Å². The summed E-state index contributed by atoms with van der Waals surface area (Å²) in [5, 5.41) is 7.95. The number of thioether (sulfide) groups is 1. The highest BCUT2D eigenvalue weighted by Gasteiger charge is 2.13. The van der Waals surface area contributed by atoms with Crippen LogP contribution in [-0.2, 0) is 11.3 Å². The monoisotopic (exact) mass is 405 g/mol. The van der Waals surface area contributed by atoms with E-state index in [0.717, 1.165) is 16.8 Å². The van der Waals surface area contributed by atoms with Gasteiger partial charge in [-0.2, -0.15) is 5.10 Å². The van der Waals surface area contributed by atoms with E-state index in [4.69, 9.17) is 0 Å². The number of benzene rings is 2. The molecule has 0 bridgehead atoms. The van der Waals surface area contributed by atoms with Crippen LogP contribution in [-0.4, -0.2) is 31.4 Å². The van der Waals surface area contributed by atoms with Crippen molar-refractivity contribution in [1.29, 1.82) is 0 Å². The molecule has 29 heavy (non-hydrogen) atoms. The molecular formula is C21H19N5O2S. The zero-order valence-electron chi connectivity index (χ0n) is 15.8. The Labute approximate surface area is 171 Å². The van der Waals surface area contributed by atoms with Crippen molar-refractivity contribution in [3.05, 3.63) is 82.3 Å². The fraction of sp³-hybridized carbons (Fsp3) is 0.143. The Morgan fingerprint density at radius 3 is 2.66 bits per heavy atom. The Bertz CT molecular complexity index is 1200. The Morgan fingerprint density at radius 2 is 1.90 bits per heavy atom. The summed E-state index contributed by atoms with van der Waals surface area (Å²) in [5.41, 5.74) is 3.17. The minimum absolute atomic E-state index is 0.131. The van der Waals surface area contributed by atoms with Gasteiger partial charge in [-0.15, -0.1) is 0 Å². The largest absolute Gasteiger partial charge is 0.351 e. The third-order valence-corrected chi connectivity index (χ3v) is 5.24. The first-order valence-electron chi connectivity index (χ1n) is 9.09. The molecule has 0 saturated carbocycles. The summed E-state index contributed by atoms with van der Waals surface area (Å²) in [6.07, 6.45) is 1.50. The van der Waals surface area contributed by atoms with Gasteiger partial charge in [0.2, 0.25) is 5.91 Å². The molecule has 0 aliphatic carbocycles. The van der Waals surface area contributed by atoms with Crippen molar-refractivity contribution in [3.63, 3.8) is 0 Å². The molecule has 2 N–H and O–H groups in total. The van der Waals surface area contributed by atoms with Crippen molar-refractivity contribution in [2.75, 3.05) is 5.75 Å². The van der Waals surface area contributed by atoms with Gasteiger partial charge in [0.25, 0.3) is 5.56 Å². The molecule has 2 aromatic carbocycles. The van der Waals surface area contributed by atoms with Crippen molar-refractivity contribution >= 4 is 28.7 Å². The van der Waals surface area contributed by atoms with Crippen LogP contribution in [0, 0.1) is 6.92 Å². The number of nitrogens with zero attached hydrogens (tertiary/aromatic N) is 3. The van der Waals surface area contributed by atoms with Crippen LogP contribution < -0.4 is 10.9 Å². The number of aromatic nitrogens is 4. The van der Waals surface area contributed by atoms with Gasteiger partial charge in [-0.05, 0) is 24.6 Å². The van der Waals surface area contributed by atoms with Gasteiger partial charge in [0, 0.05) is 6.54 Å². The van der Waals surface area contributed by atoms with Crippen molar-refractivity contribution in [1.82, 2.24) is 25.1 Å². The SMILES string of the molecule is Cc1ccc(-n2ncc3c(=O)[nH]c(SCC(=O)NCc4ccccc4)nc32)cc1. The molecule has 4 rings (SSSR count). The maximum absolute atomic E-state index is 12.4. The summed E-state index contributed by atoms with van der Waals surface area (Å²) in [4.78, 5) is 31.8. The van der Waals surface area contributed by atoms with Gasteiger partial charge < -0.3 is 10.3 Å². The Balaban J connectivity index is 1.49. The average Bonchev–Trinajstić information content (AvgIpc) is 3.17. The van der Waals surface area contributed by atoms with Crippen LogP contribution >= 0.6 is 11.8 Å². The van der Waals surface area contributed by atoms with Gasteiger partial charge in [0.05, 0.1) is 17.6 Å². The summed E-state index contributed by atoms with van der Waals surface area (Å²) in [6, 6.07) is 17.5. The van der Waals surface area contributed by atoms with E-state index in [1.54, 1.807) is 4.68 Å². The summed E-state index contributed by atoms with van der Waals surface area (Å²) in [5.74, 6) is 0.0218. The Hall–Kier alpha value is -3.39. The van der Waals surface area contributed by atoms with Crippen LogP contribution in [0.1, 0.15) is 11.1 Å². The average molecular weight is 405 g/mol. The predicted molar refractivity (Wildman–Crippen MR) is 113 cm³/mol. The number of hydrogen-bond donors (Lipinski definition) is 2. The van der Waals surface area contributed by atoms with Crippen LogP contribution in [0.4, 0.5) is 0 Å². The number of H-pyrrole nitrogens is 1. The molecule has 146 valence electrons. The number of carbonyl (C=O) groups is 1. The smallest absolute Gasteiger partial charge is 0.262 e. The van der Waals surface area contributed by atoms with Crippen molar-refractivity contribution in [3.8, 4) is 5.69 Å². The predicted octanol–water partition coefficient (Wildman–Crippen LogP) is 2.83. The van der Waals surface area contributed by atoms with Crippen molar-refractivity contribution in [2.24, 2.45) is 0 Å². The molecule has 0 aliphatic heterocycles. The molecule has 0 saturated heterocycles. The van der Waals surface area contributed by atoms with Crippen LogP contribution in [0.25, 0.3) is 16.7 Å². The van der Waals surface area contributed by atoms with Crippen LogP contribution in [0.5, 0.6) is 0 Å².